The van der Waals surface area contributed by atoms with Gasteiger partial charge in [0.25, 0.3) is 0 Å². The van der Waals surface area contributed by atoms with E-state index in [4.69, 9.17) is 0 Å². The summed E-state index contributed by atoms with van der Waals surface area (Å²) in [5.41, 5.74) is 13.0. The van der Waals surface area contributed by atoms with Gasteiger partial charge in [-0.3, -0.25) is 0 Å². The average molecular weight is 768 g/mol. The maximum absolute atomic E-state index is 2.51. The van der Waals surface area contributed by atoms with Gasteiger partial charge in [0, 0.05) is 42.7 Å². The van der Waals surface area contributed by atoms with E-state index in [1.807, 2.05) is 11.3 Å². The van der Waals surface area contributed by atoms with E-state index in [0.29, 0.717) is 0 Å². The van der Waals surface area contributed by atoms with E-state index < -0.39 is 5.41 Å². The molecule has 0 aliphatic heterocycles. The maximum atomic E-state index is 2.51. The first-order valence-electron chi connectivity index (χ1n) is 20.3. The molecule has 10 aromatic carbocycles. The molecular weight excluding hydrogens is 731 g/mol. The van der Waals surface area contributed by atoms with E-state index >= 15 is 0 Å². The first kappa shape index (κ1) is 33.8. The van der Waals surface area contributed by atoms with Gasteiger partial charge in [0.2, 0.25) is 0 Å². The normalized spacial score (nSPS) is 12.9. The molecule has 1 heterocycles. The standard InChI is InChI=1S/C57H37NS/c1-3-17-40(18-4-1)57(41-19-5-2-6-20-41)52-27-12-9-22-45(52)46-35-34-43(37-53(46)57)58(42-33-32-39-31-30-38-16-7-8-21-44(38)51(39)36-42)54-28-13-10-23-47(54)49-25-15-26-50-48-24-11-14-29-55(48)59-56(49)50/h1-37H. The molecule has 2 heteroatoms. The van der Waals surface area contributed by atoms with Crippen molar-refractivity contribution in [1.29, 1.82) is 0 Å². The molecule has 0 atom stereocenters. The van der Waals surface area contributed by atoms with Crippen LogP contribution in [0.15, 0.2) is 224 Å². The fourth-order valence-electron chi connectivity index (χ4n) is 9.98. The van der Waals surface area contributed by atoms with Crippen molar-refractivity contribution in [3.05, 3.63) is 247 Å². The fourth-order valence-corrected chi connectivity index (χ4v) is 11.2. The lowest BCUT2D eigenvalue weighted by atomic mass is 9.67. The zero-order valence-electron chi connectivity index (χ0n) is 32.2. The van der Waals surface area contributed by atoms with Crippen LogP contribution in [0, 0.1) is 0 Å². The highest BCUT2D eigenvalue weighted by Gasteiger charge is 2.46. The van der Waals surface area contributed by atoms with Crippen molar-refractivity contribution < 1.29 is 0 Å². The molecule has 0 radical (unpaired) electrons. The van der Waals surface area contributed by atoms with Gasteiger partial charge in [-0.15, -0.1) is 11.3 Å². The molecule has 0 bridgehead atoms. The number of thiophene rings is 1. The molecule has 1 aromatic heterocycles. The second kappa shape index (κ2) is 13.4. The summed E-state index contributed by atoms with van der Waals surface area (Å²) in [4.78, 5) is 2.51. The number of para-hydroxylation sites is 1. The predicted molar refractivity (Wildman–Crippen MR) is 252 cm³/mol. The van der Waals surface area contributed by atoms with Crippen LogP contribution in [0.25, 0.3) is 64.0 Å². The monoisotopic (exact) mass is 767 g/mol. The van der Waals surface area contributed by atoms with E-state index in [0.717, 1.165) is 17.1 Å². The quantitative estimate of drug-likeness (QED) is 0.152. The van der Waals surface area contributed by atoms with E-state index in [-0.39, 0.29) is 0 Å². The highest BCUT2D eigenvalue weighted by molar-refractivity contribution is 7.26. The van der Waals surface area contributed by atoms with Gasteiger partial charge < -0.3 is 4.90 Å². The summed E-state index contributed by atoms with van der Waals surface area (Å²) in [6.45, 7) is 0. The molecule has 1 nitrogen and oxygen atoms in total. The van der Waals surface area contributed by atoms with Gasteiger partial charge in [0.1, 0.15) is 0 Å². The van der Waals surface area contributed by atoms with Crippen LogP contribution in [-0.4, -0.2) is 0 Å². The van der Waals surface area contributed by atoms with Crippen molar-refractivity contribution in [2.24, 2.45) is 0 Å². The highest BCUT2D eigenvalue weighted by atomic mass is 32.1. The van der Waals surface area contributed by atoms with Crippen molar-refractivity contribution in [2.45, 2.75) is 5.41 Å². The van der Waals surface area contributed by atoms with Crippen molar-refractivity contribution in [3.63, 3.8) is 0 Å². The number of benzene rings is 10. The molecule has 0 spiro atoms. The number of fused-ring (bicyclic) bond motifs is 9. The minimum atomic E-state index is -0.516. The number of hydrogen-bond donors (Lipinski definition) is 0. The van der Waals surface area contributed by atoms with Crippen LogP contribution in [-0.2, 0) is 5.41 Å². The lowest BCUT2D eigenvalue weighted by Crippen LogP contribution is -2.28. The van der Waals surface area contributed by atoms with Crippen LogP contribution in [0.2, 0.25) is 0 Å². The van der Waals surface area contributed by atoms with Gasteiger partial charge in [-0.05, 0) is 91.3 Å². The second-order valence-electron chi connectivity index (χ2n) is 15.6. The van der Waals surface area contributed by atoms with Crippen molar-refractivity contribution in [1.82, 2.24) is 0 Å². The van der Waals surface area contributed by atoms with E-state index in [1.54, 1.807) is 0 Å². The molecule has 0 saturated carbocycles. The van der Waals surface area contributed by atoms with Crippen molar-refractivity contribution >= 4 is 70.1 Å². The van der Waals surface area contributed by atoms with Crippen LogP contribution in [0.5, 0.6) is 0 Å². The summed E-state index contributed by atoms with van der Waals surface area (Å²) in [5.74, 6) is 0. The van der Waals surface area contributed by atoms with E-state index in [1.165, 1.54) is 86.2 Å². The van der Waals surface area contributed by atoms with Gasteiger partial charge >= 0.3 is 0 Å². The minimum Gasteiger partial charge on any atom is -0.310 e. The third-order valence-corrected chi connectivity index (χ3v) is 13.7. The molecule has 1 aliphatic rings. The highest BCUT2D eigenvalue weighted by Crippen LogP contribution is 2.57. The van der Waals surface area contributed by atoms with Crippen LogP contribution in [0.4, 0.5) is 17.1 Å². The summed E-state index contributed by atoms with van der Waals surface area (Å²) >= 11 is 1.88. The van der Waals surface area contributed by atoms with E-state index in [9.17, 15) is 0 Å². The zero-order chi connectivity index (χ0) is 38.9. The summed E-state index contributed by atoms with van der Waals surface area (Å²) in [7, 11) is 0. The maximum Gasteiger partial charge on any atom is 0.0714 e. The molecule has 0 N–H and O–H groups in total. The molecule has 0 unspecified atom stereocenters. The predicted octanol–water partition coefficient (Wildman–Crippen LogP) is 15.9. The Morgan fingerprint density at radius 1 is 0.339 bits per heavy atom. The van der Waals surface area contributed by atoms with Crippen molar-refractivity contribution in [3.8, 4) is 22.3 Å². The molecule has 276 valence electrons. The average Bonchev–Trinajstić information content (AvgIpc) is 3.84. The summed E-state index contributed by atoms with van der Waals surface area (Å²) in [5, 5.41) is 7.57. The Hall–Kier alpha value is -7.26. The Bertz CT molecular complexity index is 3360. The number of hydrogen-bond acceptors (Lipinski definition) is 2. The summed E-state index contributed by atoms with van der Waals surface area (Å²) in [6, 6.07) is 83.2. The van der Waals surface area contributed by atoms with Crippen molar-refractivity contribution in [2.75, 3.05) is 4.90 Å². The van der Waals surface area contributed by atoms with E-state index in [2.05, 4.69) is 229 Å². The van der Waals surface area contributed by atoms with Crippen LogP contribution >= 0.6 is 11.3 Å². The number of nitrogens with zero attached hydrogens (tertiary/aromatic N) is 1. The lowest BCUT2D eigenvalue weighted by Gasteiger charge is -2.35. The molecule has 11 aromatic rings. The van der Waals surface area contributed by atoms with Gasteiger partial charge in [-0.2, -0.15) is 0 Å². The Morgan fingerprint density at radius 3 is 1.71 bits per heavy atom. The summed E-state index contributed by atoms with van der Waals surface area (Å²) < 4.78 is 2.62. The zero-order valence-corrected chi connectivity index (χ0v) is 33.0. The first-order chi connectivity index (χ1) is 29.3. The largest absolute Gasteiger partial charge is 0.310 e. The third-order valence-electron chi connectivity index (χ3n) is 12.5. The van der Waals surface area contributed by atoms with Gasteiger partial charge in [0.05, 0.1) is 11.1 Å². The summed E-state index contributed by atoms with van der Waals surface area (Å²) in [6.07, 6.45) is 0. The Balaban J connectivity index is 1.16. The Labute approximate surface area is 347 Å². The molecule has 0 fully saturated rings. The number of rotatable bonds is 6. The third kappa shape index (κ3) is 5.10. The van der Waals surface area contributed by atoms with Crippen LogP contribution in [0.3, 0.4) is 0 Å². The molecule has 0 amide bonds. The molecule has 1 aliphatic carbocycles. The molecule has 59 heavy (non-hydrogen) atoms. The first-order valence-corrected chi connectivity index (χ1v) is 21.2. The van der Waals surface area contributed by atoms with Crippen LogP contribution in [0.1, 0.15) is 22.3 Å². The second-order valence-corrected chi connectivity index (χ2v) is 16.6. The van der Waals surface area contributed by atoms with Crippen LogP contribution < -0.4 is 4.90 Å². The van der Waals surface area contributed by atoms with Gasteiger partial charge in [0.15, 0.2) is 0 Å². The fraction of sp³-hybridized carbons (Fsp3) is 0.0175. The Morgan fingerprint density at radius 2 is 0.898 bits per heavy atom. The topological polar surface area (TPSA) is 3.24 Å². The molecule has 12 rings (SSSR count). The molecular formula is C57H37NS. The smallest absolute Gasteiger partial charge is 0.0714 e. The van der Waals surface area contributed by atoms with Gasteiger partial charge in [-0.25, -0.2) is 0 Å². The lowest BCUT2D eigenvalue weighted by molar-refractivity contribution is 0.768. The number of anilines is 3. The SMILES string of the molecule is c1ccc(C2(c3ccccc3)c3ccccc3-c3ccc(N(c4ccc5ccc6ccccc6c5c4)c4ccccc4-c4cccc5c4sc4ccccc45)cc32)cc1. The molecule has 0 saturated heterocycles. The Kier molecular flexibility index (Phi) is 7.69. The minimum absolute atomic E-state index is 0.516. The van der Waals surface area contributed by atoms with Gasteiger partial charge in [-0.1, -0.05) is 188 Å².